The lowest BCUT2D eigenvalue weighted by Gasteiger charge is -2.22. The molecule has 7 nitrogen and oxygen atoms in total. The van der Waals surface area contributed by atoms with Gasteiger partial charge in [0.15, 0.2) is 23.3 Å². The van der Waals surface area contributed by atoms with E-state index in [-0.39, 0.29) is 18.6 Å². The molecule has 0 saturated carbocycles. The summed E-state index contributed by atoms with van der Waals surface area (Å²) in [6.07, 6.45) is 2.63. The first kappa shape index (κ1) is 24.4. The van der Waals surface area contributed by atoms with Crippen molar-refractivity contribution in [3.05, 3.63) is 58.5 Å². The van der Waals surface area contributed by atoms with E-state index >= 15 is 0 Å². The molecular weight excluding hydrogens is 438 g/mol. The second-order valence-corrected chi connectivity index (χ2v) is 8.68. The molecule has 0 aromatic heterocycles. The molecule has 2 N–H and O–H groups in total. The summed E-state index contributed by atoms with van der Waals surface area (Å²) in [6.45, 7) is 8.14. The molecule has 8 heteroatoms. The number of ether oxygens (including phenoxy) is 2. The molecule has 2 amide bonds. The van der Waals surface area contributed by atoms with Crippen LogP contribution in [-0.2, 0) is 9.59 Å². The van der Waals surface area contributed by atoms with Gasteiger partial charge in [0, 0.05) is 6.04 Å². The molecule has 0 bridgehead atoms. The predicted octanol–water partition coefficient (Wildman–Crippen LogP) is 4.66. The Morgan fingerprint density at radius 1 is 1.15 bits per heavy atom. The minimum atomic E-state index is -0.567. The van der Waals surface area contributed by atoms with Crippen molar-refractivity contribution < 1.29 is 19.1 Å². The Bertz CT molecular complexity index is 1080. The number of hydrogen-bond acceptors (Lipinski definition) is 6. The summed E-state index contributed by atoms with van der Waals surface area (Å²) in [4.78, 5) is 31.4. The van der Waals surface area contributed by atoms with Crippen molar-refractivity contribution in [2.24, 2.45) is 10.7 Å². The number of nitrogens with two attached hydrogens (primary N) is 1. The summed E-state index contributed by atoms with van der Waals surface area (Å²) in [5.41, 5.74) is 7.91. The van der Waals surface area contributed by atoms with Gasteiger partial charge in [-0.1, -0.05) is 30.7 Å². The van der Waals surface area contributed by atoms with Gasteiger partial charge in [-0.25, -0.2) is 4.99 Å². The number of primary amides is 1. The monoisotopic (exact) mass is 467 g/mol. The van der Waals surface area contributed by atoms with Crippen molar-refractivity contribution in [1.82, 2.24) is 4.90 Å². The fraction of sp³-hybridized carbons (Fsp3) is 0.320. The number of amides is 2. The lowest BCUT2D eigenvalue weighted by atomic mass is 10.1. The van der Waals surface area contributed by atoms with E-state index < -0.39 is 5.91 Å². The number of carbonyl (C=O) groups is 2. The summed E-state index contributed by atoms with van der Waals surface area (Å²) in [7, 11) is 0. The maximum atomic E-state index is 13.3. The van der Waals surface area contributed by atoms with E-state index in [9.17, 15) is 9.59 Å². The van der Waals surface area contributed by atoms with Gasteiger partial charge in [0.05, 0.1) is 17.2 Å². The zero-order valence-corrected chi connectivity index (χ0v) is 20.1. The van der Waals surface area contributed by atoms with E-state index in [2.05, 4.69) is 0 Å². The Hall–Kier alpha value is -3.26. The third-order valence-electron chi connectivity index (χ3n) is 5.06. The fourth-order valence-corrected chi connectivity index (χ4v) is 4.26. The van der Waals surface area contributed by atoms with E-state index in [0.29, 0.717) is 28.2 Å². The minimum absolute atomic E-state index is 0.0173. The van der Waals surface area contributed by atoms with Gasteiger partial charge in [-0.05, 0) is 74.9 Å². The first-order chi connectivity index (χ1) is 15.8. The highest BCUT2D eigenvalue weighted by atomic mass is 32.2. The molecule has 1 heterocycles. The van der Waals surface area contributed by atoms with Gasteiger partial charge < -0.3 is 15.2 Å². The smallest absolute Gasteiger partial charge is 0.266 e. The quantitative estimate of drug-likeness (QED) is 0.541. The molecule has 2 aromatic rings. The average molecular weight is 468 g/mol. The van der Waals surface area contributed by atoms with Gasteiger partial charge in [-0.15, -0.1) is 0 Å². The molecule has 0 aliphatic carbocycles. The molecule has 0 unspecified atom stereocenters. The van der Waals surface area contributed by atoms with Gasteiger partial charge in [0.25, 0.3) is 11.8 Å². The number of hydrogen-bond donors (Lipinski definition) is 1. The zero-order valence-electron chi connectivity index (χ0n) is 19.3. The van der Waals surface area contributed by atoms with Crippen molar-refractivity contribution in [2.45, 2.75) is 40.2 Å². The topological polar surface area (TPSA) is 94.2 Å². The molecule has 1 fully saturated rings. The molecular formula is C25H29N3O4S. The molecule has 1 atom stereocenters. The molecule has 1 saturated heterocycles. The predicted molar refractivity (Wildman–Crippen MR) is 133 cm³/mol. The Morgan fingerprint density at radius 2 is 1.88 bits per heavy atom. The van der Waals surface area contributed by atoms with E-state index in [0.717, 1.165) is 23.2 Å². The number of rotatable bonds is 9. The van der Waals surface area contributed by atoms with Crippen LogP contribution in [0, 0.1) is 6.92 Å². The summed E-state index contributed by atoms with van der Waals surface area (Å²) >= 11 is 1.36. The minimum Gasteiger partial charge on any atom is -0.490 e. The van der Waals surface area contributed by atoms with E-state index in [1.807, 2.05) is 64.1 Å². The SMILES string of the molecule is CCOc1cc(/C=C2/SC(=Nc3ccc(C)cc3)N([C@@H](C)CC)C2=O)ccc1OCC(N)=O. The van der Waals surface area contributed by atoms with Crippen LogP contribution in [0.5, 0.6) is 11.5 Å². The molecule has 0 radical (unpaired) electrons. The number of nitrogens with zero attached hydrogens (tertiary/aromatic N) is 2. The molecule has 3 rings (SSSR count). The average Bonchev–Trinajstić information content (AvgIpc) is 3.09. The largest absolute Gasteiger partial charge is 0.490 e. The molecule has 174 valence electrons. The van der Waals surface area contributed by atoms with Crippen molar-refractivity contribution in [2.75, 3.05) is 13.2 Å². The number of aliphatic imine (C=N–C) groups is 1. The summed E-state index contributed by atoms with van der Waals surface area (Å²) < 4.78 is 11.1. The Labute approximate surface area is 198 Å². The van der Waals surface area contributed by atoms with Crippen LogP contribution in [0.1, 0.15) is 38.3 Å². The fourth-order valence-electron chi connectivity index (χ4n) is 3.17. The van der Waals surface area contributed by atoms with Crippen molar-refractivity contribution in [1.29, 1.82) is 0 Å². The van der Waals surface area contributed by atoms with Gasteiger partial charge in [-0.2, -0.15) is 0 Å². The van der Waals surface area contributed by atoms with E-state index in [4.69, 9.17) is 20.2 Å². The molecule has 33 heavy (non-hydrogen) atoms. The van der Waals surface area contributed by atoms with Crippen LogP contribution in [0.3, 0.4) is 0 Å². The second-order valence-electron chi connectivity index (χ2n) is 7.67. The third-order valence-corrected chi connectivity index (χ3v) is 6.05. The van der Waals surface area contributed by atoms with Crippen molar-refractivity contribution in [3.8, 4) is 11.5 Å². The lowest BCUT2D eigenvalue weighted by molar-refractivity contribution is -0.123. The van der Waals surface area contributed by atoms with E-state index in [1.165, 1.54) is 11.8 Å². The molecule has 1 aliphatic rings. The lowest BCUT2D eigenvalue weighted by Crippen LogP contribution is -2.36. The number of benzene rings is 2. The number of thioether (sulfide) groups is 1. The first-order valence-corrected chi connectivity index (χ1v) is 11.7. The number of amidine groups is 1. The van der Waals surface area contributed by atoms with Crippen LogP contribution in [-0.4, -0.2) is 41.1 Å². The van der Waals surface area contributed by atoms with E-state index in [1.54, 1.807) is 17.0 Å². The Morgan fingerprint density at radius 3 is 2.52 bits per heavy atom. The van der Waals surface area contributed by atoms with Gasteiger partial charge >= 0.3 is 0 Å². The third kappa shape index (κ3) is 6.16. The van der Waals surface area contributed by atoms with Crippen LogP contribution in [0.4, 0.5) is 5.69 Å². The molecule has 1 aliphatic heterocycles. The number of carbonyl (C=O) groups excluding carboxylic acids is 2. The highest BCUT2D eigenvalue weighted by Gasteiger charge is 2.36. The molecule has 0 spiro atoms. The maximum Gasteiger partial charge on any atom is 0.266 e. The number of aryl methyl sites for hydroxylation is 1. The van der Waals surface area contributed by atoms with Crippen molar-refractivity contribution >= 4 is 40.5 Å². The highest BCUT2D eigenvalue weighted by molar-refractivity contribution is 8.18. The summed E-state index contributed by atoms with van der Waals surface area (Å²) in [5, 5.41) is 0.663. The van der Waals surface area contributed by atoms with Crippen LogP contribution in [0.15, 0.2) is 52.4 Å². The van der Waals surface area contributed by atoms with Crippen LogP contribution < -0.4 is 15.2 Å². The van der Waals surface area contributed by atoms with Gasteiger partial charge in [-0.3, -0.25) is 14.5 Å². The van der Waals surface area contributed by atoms with Gasteiger partial charge in [0.2, 0.25) is 0 Å². The summed E-state index contributed by atoms with van der Waals surface area (Å²) in [5.74, 6) is 0.260. The second kappa shape index (κ2) is 11.0. The Kier molecular flexibility index (Phi) is 8.16. The standard InChI is InChI=1S/C25H29N3O4S/c1-5-17(4)28-24(30)22(33-25(28)27-19-10-7-16(3)8-11-19)14-18-9-12-20(32-15-23(26)29)21(13-18)31-6-2/h7-14,17H,5-6,15H2,1-4H3,(H2,26,29)/b22-14+,27-25?/t17-/m0/s1. The van der Waals surface area contributed by atoms with Crippen LogP contribution in [0.25, 0.3) is 6.08 Å². The molecule has 2 aromatic carbocycles. The van der Waals surface area contributed by atoms with Crippen molar-refractivity contribution in [3.63, 3.8) is 0 Å². The first-order valence-electron chi connectivity index (χ1n) is 10.9. The van der Waals surface area contributed by atoms with Gasteiger partial charge in [0.1, 0.15) is 0 Å². The highest BCUT2D eigenvalue weighted by Crippen LogP contribution is 2.37. The Balaban J connectivity index is 1.93. The summed E-state index contributed by atoms with van der Waals surface area (Å²) in [6, 6.07) is 13.2. The maximum absolute atomic E-state index is 13.3. The zero-order chi connectivity index (χ0) is 24.0. The normalized spacial score (nSPS) is 17.0. The van der Waals surface area contributed by atoms with Crippen LogP contribution in [0.2, 0.25) is 0 Å². The van der Waals surface area contributed by atoms with Crippen LogP contribution >= 0.6 is 11.8 Å².